The summed E-state index contributed by atoms with van der Waals surface area (Å²) >= 11 is 3.38. The van der Waals surface area contributed by atoms with Crippen molar-refractivity contribution in [2.45, 2.75) is 26.0 Å². The number of nitrogens with one attached hydrogen (secondary N) is 1. The molecule has 1 N–H and O–H groups in total. The van der Waals surface area contributed by atoms with E-state index in [1.54, 1.807) is 12.1 Å². The van der Waals surface area contributed by atoms with Crippen LogP contribution >= 0.6 is 15.9 Å². The predicted octanol–water partition coefficient (Wildman–Crippen LogP) is 4.32. The molecule has 3 rings (SSSR count). The van der Waals surface area contributed by atoms with Crippen molar-refractivity contribution in [2.75, 3.05) is 23.4 Å². The summed E-state index contributed by atoms with van der Waals surface area (Å²) in [6.07, 6.45) is 0.233. The summed E-state index contributed by atoms with van der Waals surface area (Å²) in [4.78, 5) is 14.6. The lowest BCUT2D eigenvalue weighted by Crippen LogP contribution is -2.47. The first kappa shape index (κ1) is 17.0. The normalized spacial score (nSPS) is 20.7. The highest BCUT2D eigenvalue weighted by Crippen LogP contribution is 2.24. The lowest BCUT2D eigenvalue weighted by Gasteiger charge is -2.38. The highest BCUT2D eigenvalue weighted by atomic mass is 79.9. The predicted molar refractivity (Wildman–Crippen MR) is 101 cm³/mol. The van der Waals surface area contributed by atoms with Crippen LogP contribution in [-0.4, -0.2) is 31.2 Å². The van der Waals surface area contributed by atoms with Gasteiger partial charge in [0.05, 0.1) is 12.7 Å². The lowest BCUT2D eigenvalue weighted by atomic mass is 10.1. The van der Waals surface area contributed by atoms with Gasteiger partial charge < -0.3 is 15.0 Å². The first-order valence-electron chi connectivity index (χ1n) is 8.08. The Bertz CT molecular complexity index is 718. The summed E-state index contributed by atoms with van der Waals surface area (Å²) in [7, 11) is 0. The number of hydrogen-bond acceptors (Lipinski definition) is 3. The van der Waals surface area contributed by atoms with E-state index in [0.29, 0.717) is 11.6 Å². The van der Waals surface area contributed by atoms with Gasteiger partial charge in [-0.3, -0.25) is 4.79 Å². The fraction of sp³-hybridized carbons (Fsp3) is 0.316. The van der Waals surface area contributed by atoms with Crippen molar-refractivity contribution in [3.05, 3.63) is 58.6 Å². The van der Waals surface area contributed by atoms with Crippen LogP contribution in [0.3, 0.4) is 0 Å². The molecule has 1 aliphatic heterocycles. The molecule has 0 aliphatic carbocycles. The number of morpholine rings is 1. The van der Waals surface area contributed by atoms with Gasteiger partial charge in [-0.1, -0.05) is 22.0 Å². The Morgan fingerprint density at radius 1 is 1.21 bits per heavy atom. The maximum Gasteiger partial charge on any atom is 0.255 e. The van der Waals surface area contributed by atoms with Crippen molar-refractivity contribution in [1.82, 2.24) is 0 Å². The average Bonchev–Trinajstić information content (AvgIpc) is 2.58. The van der Waals surface area contributed by atoms with Crippen LogP contribution in [0, 0.1) is 0 Å². The highest BCUT2D eigenvalue weighted by molar-refractivity contribution is 9.10. The maximum atomic E-state index is 12.3. The zero-order valence-electron chi connectivity index (χ0n) is 13.8. The monoisotopic (exact) mass is 388 g/mol. The Balaban J connectivity index is 1.69. The Labute approximate surface area is 150 Å². The minimum atomic E-state index is -0.114. The summed E-state index contributed by atoms with van der Waals surface area (Å²) in [5.74, 6) is -0.114. The van der Waals surface area contributed by atoms with E-state index < -0.39 is 0 Å². The molecular weight excluding hydrogens is 368 g/mol. The highest BCUT2D eigenvalue weighted by Gasteiger charge is 2.23. The summed E-state index contributed by atoms with van der Waals surface area (Å²) in [5.41, 5.74) is 2.57. The van der Waals surface area contributed by atoms with Gasteiger partial charge in [-0.25, -0.2) is 0 Å². The fourth-order valence-electron chi connectivity index (χ4n) is 2.83. The Morgan fingerprint density at radius 2 is 1.96 bits per heavy atom. The number of hydrogen-bond donors (Lipinski definition) is 1. The van der Waals surface area contributed by atoms with Crippen LogP contribution in [-0.2, 0) is 4.74 Å². The quantitative estimate of drug-likeness (QED) is 0.851. The van der Waals surface area contributed by atoms with Gasteiger partial charge in [0.25, 0.3) is 5.91 Å². The molecule has 0 aromatic heterocycles. The molecule has 2 aromatic rings. The van der Waals surface area contributed by atoms with Gasteiger partial charge in [-0.2, -0.15) is 0 Å². The summed E-state index contributed by atoms with van der Waals surface area (Å²) in [6, 6.07) is 15.7. The first-order chi connectivity index (χ1) is 11.5. The number of amides is 1. The third-order valence-electron chi connectivity index (χ3n) is 4.15. The van der Waals surface area contributed by atoms with Crippen molar-refractivity contribution in [1.29, 1.82) is 0 Å². The Kier molecular flexibility index (Phi) is 5.21. The second kappa shape index (κ2) is 7.36. The number of carbonyl (C=O) groups is 1. The van der Waals surface area contributed by atoms with Crippen LogP contribution in [0.1, 0.15) is 24.2 Å². The zero-order chi connectivity index (χ0) is 17.1. The zero-order valence-corrected chi connectivity index (χ0v) is 15.4. The van der Waals surface area contributed by atoms with Gasteiger partial charge in [-0.05, 0) is 56.3 Å². The number of carbonyl (C=O) groups excluding carboxylic acids is 1. The van der Waals surface area contributed by atoms with Crippen LogP contribution in [0.2, 0.25) is 0 Å². The molecule has 1 amide bonds. The molecule has 2 aromatic carbocycles. The summed E-state index contributed by atoms with van der Waals surface area (Å²) in [6.45, 7) is 5.87. The van der Waals surface area contributed by atoms with Gasteiger partial charge in [0.15, 0.2) is 0 Å². The summed E-state index contributed by atoms with van der Waals surface area (Å²) in [5, 5.41) is 2.93. The van der Waals surface area contributed by atoms with Crippen molar-refractivity contribution in [3.8, 4) is 0 Å². The molecule has 0 spiro atoms. The molecule has 1 saturated heterocycles. The third-order valence-corrected chi connectivity index (χ3v) is 4.64. The Hall–Kier alpha value is -1.85. The number of halogens is 1. The SMILES string of the molecule is CC1CN(c2ccc(NC(=O)c3cccc(Br)c3)cc2)C(C)CO1. The fourth-order valence-corrected chi connectivity index (χ4v) is 3.23. The van der Waals surface area contributed by atoms with Crippen LogP contribution < -0.4 is 10.2 Å². The molecule has 24 heavy (non-hydrogen) atoms. The topological polar surface area (TPSA) is 41.6 Å². The molecule has 0 bridgehead atoms. The number of rotatable bonds is 3. The first-order valence-corrected chi connectivity index (χ1v) is 8.87. The van der Waals surface area contributed by atoms with Crippen molar-refractivity contribution >= 4 is 33.2 Å². The molecule has 1 aliphatic rings. The maximum absolute atomic E-state index is 12.3. The Morgan fingerprint density at radius 3 is 2.67 bits per heavy atom. The lowest BCUT2D eigenvalue weighted by molar-refractivity contribution is 0.0344. The van der Waals surface area contributed by atoms with E-state index in [-0.39, 0.29) is 12.0 Å². The number of ether oxygens (including phenoxy) is 1. The van der Waals surface area contributed by atoms with Crippen LogP contribution in [0.5, 0.6) is 0 Å². The van der Waals surface area contributed by atoms with E-state index >= 15 is 0 Å². The van der Waals surface area contributed by atoms with Crippen LogP contribution in [0.15, 0.2) is 53.0 Å². The minimum absolute atomic E-state index is 0.114. The number of nitrogens with zero attached hydrogens (tertiary/aromatic N) is 1. The number of benzene rings is 2. The van der Waals surface area contributed by atoms with E-state index in [1.165, 1.54) is 0 Å². The molecule has 4 nitrogen and oxygen atoms in total. The van der Waals surface area contributed by atoms with E-state index in [1.807, 2.05) is 36.4 Å². The summed E-state index contributed by atoms with van der Waals surface area (Å²) < 4.78 is 6.56. The molecule has 0 saturated carbocycles. The molecule has 2 unspecified atom stereocenters. The van der Waals surface area contributed by atoms with Crippen molar-refractivity contribution < 1.29 is 9.53 Å². The van der Waals surface area contributed by atoms with E-state index in [0.717, 1.165) is 29.0 Å². The van der Waals surface area contributed by atoms with Crippen molar-refractivity contribution in [2.24, 2.45) is 0 Å². The molecule has 0 radical (unpaired) electrons. The minimum Gasteiger partial charge on any atom is -0.375 e. The molecule has 1 heterocycles. The van der Waals surface area contributed by atoms with E-state index in [2.05, 4.69) is 40.0 Å². The standard InChI is InChI=1S/C19H21BrN2O2/c1-13-12-24-14(2)11-22(13)18-8-6-17(7-9-18)21-19(23)15-4-3-5-16(20)10-15/h3-10,13-14H,11-12H2,1-2H3,(H,21,23). The second-order valence-corrected chi connectivity index (χ2v) is 7.07. The van der Waals surface area contributed by atoms with Gasteiger partial charge in [0.1, 0.15) is 0 Å². The molecule has 126 valence electrons. The van der Waals surface area contributed by atoms with E-state index in [4.69, 9.17) is 4.74 Å². The van der Waals surface area contributed by atoms with E-state index in [9.17, 15) is 4.79 Å². The average molecular weight is 389 g/mol. The van der Waals surface area contributed by atoms with Gasteiger partial charge in [0, 0.05) is 34.0 Å². The van der Waals surface area contributed by atoms with Gasteiger partial charge in [-0.15, -0.1) is 0 Å². The molecule has 5 heteroatoms. The van der Waals surface area contributed by atoms with Crippen LogP contribution in [0.25, 0.3) is 0 Å². The molecule has 1 fully saturated rings. The molecular formula is C19H21BrN2O2. The number of anilines is 2. The largest absolute Gasteiger partial charge is 0.375 e. The van der Waals surface area contributed by atoms with Crippen molar-refractivity contribution in [3.63, 3.8) is 0 Å². The van der Waals surface area contributed by atoms with Gasteiger partial charge >= 0.3 is 0 Å². The van der Waals surface area contributed by atoms with Gasteiger partial charge in [0.2, 0.25) is 0 Å². The molecule has 2 atom stereocenters. The third kappa shape index (κ3) is 3.97. The van der Waals surface area contributed by atoms with Crippen LogP contribution in [0.4, 0.5) is 11.4 Å². The second-order valence-electron chi connectivity index (χ2n) is 6.16. The smallest absolute Gasteiger partial charge is 0.255 e.